The van der Waals surface area contributed by atoms with Gasteiger partial charge in [-0.1, -0.05) is 0 Å². The number of hydrogen-bond donors (Lipinski definition) is 2. The molecule has 0 radical (unpaired) electrons. The Morgan fingerprint density at radius 1 is 1.45 bits per heavy atom. The van der Waals surface area contributed by atoms with Gasteiger partial charge in [0.2, 0.25) is 0 Å². The van der Waals surface area contributed by atoms with Crippen LogP contribution in [0.25, 0.3) is 0 Å². The average Bonchev–Trinajstić information content (AvgIpc) is 2.34. The van der Waals surface area contributed by atoms with E-state index in [1.54, 1.807) is 0 Å². The molecule has 0 amide bonds. The third-order valence-corrected chi connectivity index (χ3v) is 2.61. The number of rotatable bonds is 3. The lowest BCUT2D eigenvalue weighted by Gasteiger charge is -2.25. The molecule has 3 nitrogen and oxygen atoms in total. The molecule has 1 atom stereocenters. The summed E-state index contributed by atoms with van der Waals surface area (Å²) in [5, 5.41) is 17.9. The maximum absolute atomic E-state index is 9.13. The maximum atomic E-state index is 9.13. The number of hydrogen-bond acceptors (Lipinski definition) is 3. The Balaban J connectivity index is 2.48. The van der Waals surface area contributed by atoms with E-state index in [1.165, 1.54) is 0 Å². The highest BCUT2D eigenvalue weighted by Gasteiger charge is 2.35. The Hall–Kier alpha value is -0.120. The van der Waals surface area contributed by atoms with Crippen molar-refractivity contribution in [1.82, 2.24) is 4.90 Å². The van der Waals surface area contributed by atoms with Gasteiger partial charge in [0, 0.05) is 18.6 Å². The van der Waals surface area contributed by atoms with Gasteiger partial charge in [-0.2, -0.15) is 0 Å². The Bertz CT molecular complexity index is 125. The van der Waals surface area contributed by atoms with E-state index in [0.717, 1.165) is 25.9 Å². The van der Waals surface area contributed by atoms with E-state index in [2.05, 4.69) is 11.9 Å². The van der Waals surface area contributed by atoms with Gasteiger partial charge in [-0.15, -0.1) is 0 Å². The van der Waals surface area contributed by atoms with Crippen LogP contribution >= 0.6 is 0 Å². The van der Waals surface area contributed by atoms with Crippen molar-refractivity contribution in [1.29, 1.82) is 0 Å². The molecule has 0 saturated carbocycles. The summed E-state index contributed by atoms with van der Waals surface area (Å²) in [4.78, 5) is 2.20. The zero-order chi connectivity index (χ0) is 8.32. The summed E-state index contributed by atoms with van der Waals surface area (Å²) in [6.45, 7) is 2.36. The molecule has 0 aromatic rings. The molecule has 0 aromatic carbocycles. The lowest BCUT2D eigenvalue weighted by atomic mass is 9.85. The Labute approximate surface area is 67.6 Å². The smallest absolute Gasteiger partial charge is 0.0501 e. The molecule has 1 fully saturated rings. The molecule has 0 unspecified atom stereocenters. The van der Waals surface area contributed by atoms with E-state index < -0.39 is 0 Å². The van der Waals surface area contributed by atoms with Crippen molar-refractivity contribution in [2.45, 2.75) is 12.8 Å². The molecule has 1 rings (SSSR count). The zero-order valence-corrected chi connectivity index (χ0v) is 7.08. The van der Waals surface area contributed by atoms with Crippen molar-refractivity contribution >= 4 is 0 Å². The second-order valence-electron chi connectivity index (χ2n) is 3.62. The fraction of sp³-hybridized carbons (Fsp3) is 1.00. The van der Waals surface area contributed by atoms with Crippen LogP contribution in [0.4, 0.5) is 0 Å². The minimum Gasteiger partial charge on any atom is -0.396 e. The number of aliphatic hydroxyl groups excluding tert-OH is 2. The van der Waals surface area contributed by atoms with Gasteiger partial charge in [0.05, 0.1) is 6.61 Å². The summed E-state index contributed by atoms with van der Waals surface area (Å²) in [5.74, 6) is 0. The van der Waals surface area contributed by atoms with Crippen LogP contribution in [0.5, 0.6) is 0 Å². The molecule has 3 heteroatoms. The predicted molar refractivity (Wildman–Crippen MR) is 43.3 cm³/mol. The molecule has 0 spiro atoms. The molecular weight excluding hydrogens is 142 g/mol. The highest BCUT2D eigenvalue weighted by molar-refractivity contribution is 4.87. The van der Waals surface area contributed by atoms with Crippen molar-refractivity contribution in [2.24, 2.45) is 5.41 Å². The largest absolute Gasteiger partial charge is 0.396 e. The van der Waals surface area contributed by atoms with Gasteiger partial charge >= 0.3 is 0 Å². The predicted octanol–water partition coefficient (Wildman–Crippen LogP) is -0.317. The summed E-state index contributed by atoms with van der Waals surface area (Å²) in [6.07, 6.45) is 1.74. The topological polar surface area (TPSA) is 43.7 Å². The molecule has 2 N–H and O–H groups in total. The van der Waals surface area contributed by atoms with Crippen molar-refractivity contribution in [3.63, 3.8) is 0 Å². The summed E-state index contributed by atoms with van der Waals surface area (Å²) >= 11 is 0. The average molecular weight is 159 g/mol. The van der Waals surface area contributed by atoms with Gasteiger partial charge in [-0.25, -0.2) is 0 Å². The Kier molecular flexibility index (Phi) is 2.87. The first-order valence-electron chi connectivity index (χ1n) is 4.13. The van der Waals surface area contributed by atoms with Crippen LogP contribution in [-0.4, -0.2) is 48.5 Å². The molecule has 1 aliphatic rings. The third kappa shape index (κ3) is 1.92. The molecular formula is C8H17NO2. The first kappa shape index (κ1) is 8.97. The summed E-state index contributed by atoms with van der Waals surface area (Å²) < 4.78 is 0. The molecule has 1 aliphatic heterocycles. The summed E-state index contributed by atoms with van der Waals surface area (Å²) in [5.41, 5.74) is -0.0104. The monoisotopic (exact) mass is 159 g/mol. The fourth-order valence-electron chi connectivity index (χ4n) is 1.81. The van der Waals surface area contributed by atoms with Crippen LogP contribution in [0.2, 0.25) is 0 Å². The highest BCUT2D eigenvalue weighted by atomic mass is 16.3. The van der Waals surface area contributed by atoms with Gasteiger partial charge < -0.3 is 15.1 Å². The van der Waals surface area contributed by atoms with Crippen LogP contribution in [0.3, 0.4) is 0 Å². The minimum atomic E-state index is -0.0104. The highest BCUT2D eigenvalue weighted by Crippen LogP contribution is 2.32. The molecule has 11 heavy (non-hydrogen) atoms. The lowest BCUT2D eigenvalue weighted by molar-refractivity contribution is 0.0985. The number of aliphatic hydroxyl groups is 2. The van der Waals surface area contributed by atoms with Crippen LogP contribution in [-0.2, 0) is 0 Å². The molecule has 66 valence electrons. The van der Waals surface area contributed by atoms with Crippen molar-refractivity contribution in [2.75, 3.05) is 33.4 Å². The van der Waals surface area contributed by atoms with Crippen molar-refractivity contribution < 1.29 is 10.2 Å². The van der Waals surface area contributed by atoms with Crippen molar-refractivity contribution in [3.8, 4) is 0 Å². The van der Waals surface area contributed by atoms with E-state index in [4.69, 9.17) is 10.2 Å². The Morgan fingerprint density at radius 2 is 2.18 bits per heavy atom. The van der Waals surface area contributed by atoms with E-state index in [1.807, 2.05) is 0 Å². The molecule has 0 aliphatic carbocycles. The van der Waals surface area contributed by atoms with Crippen LogP contribution in [0.15, 0.2) is 0 Å². The van der Waals surface area contributed by atoms with Gasteiger partial charge in [-0.3, -0.25) is 0 Å². The van der Waals surface area contributed by atoms with E-state index in [9.17, 15) is 0 Å². The minimum absolute atomic E-state index is 0.0104. The molecule has 1 heterocycles. The van der Waals surface area contributed by atoms with Crippen LogP contribution in [0.1, 0.15) is 12.8 Å². The zero-order valence-electron chi connectivity index (χ0n) is 7.08. The lowest BCUT2D eigenvalue weighted by Crippen LogP contribution is -2.29. The maximum Gasteiger partial charge on any atom is 0.0501 e. The van der Waals surface area contributed by atoms with Crippen LogP contribution in [0, 0.1) is 5.41 Å². The SMILES string of the molecule is CN1CC[C@@](CO)(CCO)C1. The number of likely N-dealkylation sites (tertiary alicyclic amines) is 1. The molecule has 0 bridgehead atoms. The summed E-state index contributed by atoms with van der Waals surface area (Å²) in [7, 11) is 2.05. The summed E-state index contributed by atoms with van der Waals surface area (Å²) in [6, 6.07) is 0. The van der Waals surface area contributed by atoms with E-state index >= 15 is 0 Å². The molecule has 1 saturated heterocycles. The quantitative estimate of drug-likeness (QED) is 0.593. The van der Waals surface area contributed by atoms with Crippen LogP contribution < -0.4 is 0 Å². The second-order valence-corrected chi connectivity index (χ2v) is 3.62. The van der Waals surface area contributed by atoms with E-state index in [0.29, 0.717) is 0 Å². The molecule has 0 aromatic heterocycles. The van der Waals surface area contributed by atoms with Gasteiger partial charge in [0.15, 0.2) is 0 Å². The normalized spacial score (nSPS) is 33.0. The van der Waals surface area contributed by atoms with Gasteiger partial charge in [0.1, 0.15) is 0 Å². The standard InChI is InChI=1S/C8H17NO2/c1-9-4-2-8(6-9,7-11)3-5-10/h10-11H,2-7H2,1H3/t8-/m1/s1. The third-order valence-electron chi connectivity index (χ3n) is 2.61. The van der Waals surface area contributed by atoms with E-state index in [-0.39, 0.29) is 18.6 Å². The van der Waals surface area contributed by atoms with Gasteiger partial charge in [0.25, 0.3) is 0 Å². The van der Waals surface area contributed by atoms with Gasteiger partial charge in [-0.05, 0) is 26.4 Å². The Morgan fingerprint density at radius 3 is 2.55 bits per heavy atom. The van der Waals surface area contributed by atoms with Crippen molar-refractivity contribution in [3.05, 3.63) is 0 Å². The second kappa shape index (κ2) is 3.52. The fourth-order valence-corrected chi connectivity index (χ4v) is 1.81. The first-order chi connectivity index (χ1) is 5.22. The number of nitrogens with zero attached hydrogens (tertiary/aromatic N) is 1. The first-order valence-corrected chi connectivity index (χ1v) is 4.13.